The second-order valence-electron chi connectivity index (χ2n) is 4.04. The van der Waals surface area contributed by atoms with Gasteiger partial charge in [0.05, 0.1) is 11.3 Å². The van der Waals surface area contributed by atoms with E-state index < -0.39 is 24.8 Å². The van der Waals surface area contributed by atoms with E-state index in [0.717, 1.165) is 0 Å². The fourth-order valence-electron chi connectivity index (χ4n) is 1.38. The third kappa shape index (κ3) is 4.34. The van der Waals surface area contributed by atoms with E-state index >= 15 is 0 Å². The van der Waals surface area contributed by atoms with Crippen LogP contribution in [0.2, 0.25) is 0 Å². The number of allylic oxidation sites excluding steroid dienone is 1. The van der Waals surface area contributed by atoms with Gasteiger partial charge in [-0.3, -0.25) is 4.79 Å². The molecule has 0 aliphatic heterocycles. The van der Waals surface area contributed by atoms with E-state index in [1.54, 1.807) is 6.92 Å². The number of halogens is 4. The van der Waals surface area contributed by atoms with Gasteiger partial charge in [-0.1, -0.05) is 6.58 Å². The number of nitrogen functional groups attached to an aromatic ring is 1. The molecular formula is C12H12BrF3N2O. The molecule has 1 aromatic rings. The molecule has 1 aromatic heterocycles. The Balaban J connectivity index is 2.89. The maximum absolute atomic E-state index is 12.1. The van der Waals surface area contributed by atoms with Crippen molar-refractivity contribution in [1.82, 2.24) is 4.98 Å². The van der Waals surface area contributed by atoms with Crippen LogP contribution in [0, 0.1) is 6.92 Å². The number of pyridine rings is 1. The van der Waals surface area contributed by atoms with Gasteiger partial charge in [-0.2, -0.15) is 13.2 Å². The number of ketones is 1. The molecule has 0 bridgehead atoms. The maximum Gasteiger partial charge on any atom is 0.389 e. The van der Waals surface area contributed by atoms with Crippen LogP contribution in [-0.4, -0.2) is 16.9 Å². The van der Waals surface area contributed by atoms with Crippen molar-refractivity contribution >= 4 is 27.5 Å². The van der Waals surface area contributed by atoms with E-state index in [0.29, 0.717) is 10.2 Å². The Morgan fingerprint density at radius 2 is 2.11 bits per heavy atom. The minimum Gasteiger partial charge on any atom is -0.383 e. The maximum atomic E-state index is 12.1. The number of carbonyl (C=O) groups is 1. The molecule has 0 amide bonds. The fourth-order valence-corrected chi connectivity index (χ4v) is 1.70. The van der Waals surface area contributed by atoms with Gasteiger partial charge in [0, 0.05) is 10.9 Å². The van der Waals surface area contributed by atoms with Crippen molar-refractivity contribution in [3.05, 3.63) is 33.9 Å². The van der Waals surface area contributed by atoms with Crippen molar-refractivity contribution in [1.29, 1.82) is 0 Å². The summed E-state index contributed by atoms with van der Waals surface area (Å²) in [6.07, 6.45) is -5.86. The summed E-state index contributed by atoms with van der Waals surface area (Å²) in [6.45, 7) is 5.07. The Hall–Kier alpha value is -1.37. The van der Waals surface area contributed by atoms with Gasteiger partial charge in [0.25, 0.3) is 0 Å². The number of aryl methyl sites for hydroxylation is 1. The Labute approximate surface area is 116 Å². The third-order valence-corrected chi connectivity index (χ3v) is 3.26. The minimum atomic E-state index is -4.32. The molecule has 0 aliphatic rings. The van der Waals surface area contributed by atoms with Crippen molar-refractivity contribution in [2.75, 3.05) is 5.73 Å². The summed E-state index contributed by atoms with van der Waals surface area (Å²) < 4.78 is 36.8. The molecular weight excluding hydrogens is 325 g/mol. The predicted molar refractivity (Wildman–Crippen MR) is 69.8 cm³/mol. The smallest absolute Gasteiger partial charge is 0.383 e. The predicted octanol–water partition coefficient (Wildman–Crippen LogP) is 3.82. The van der Waals surface area contributed by atoms with Gasteiger partial charge in [0.15, 0.2) is 5.78 Å². The molecule has 0 aliphatic carbocycles. The Morgan fingerprint density at radius 1 is 1.53 bits per heavy atom. The monoisotopic (exact) mass is 336 g/mol. The first-order chi connectivity index (χ1) is 8.61. The number of anilines is 1. The average molecular weight is 337 g/mol. The zero-order valence-electron chi connectivity index (χ0n) is 10.1. The number of hydrogen-bond donors (Lipinski definition) is 1. The van der Waals surface area contributed by atoms with Gasteiger partial charge < -0.3 is 5.73 Å². The van der Waals surface area contributed by atoms with Crippen LogP contribution in [0.3, 0.4) is 0 Å². The molecule has 0 fully saturated rings. The lowest BCUT2D eigenvalue weighted by Crippen LogP contribution is -2.12. The van der Waals surface area contributed by atoms with Crippen LogP contribution in [0.4, 0.5) is 19.0 Å². The topological polar surface area (TPSA) is 56.0 Å². The number of nitrogens with zero attached hydrogens (tertiary/aromatic N) is 1. The number of rotatable bonds is 4. The molecule has 19 heavy (non-hydrogen) atoms. The zero-order chi connectivity index (χ0) is 14.8. The van der Waals surface area contributed by atoms with E-state index in [2.05, 4.69) is 27.5 Å². The number of hydrogen-bond acceptors (Lipinski definition) is 3. The van der Waals surface area contributed by atoms with Crippen LogP contribution < -0.4 is 5.73 Å². The van der Waals surface area contributed by atoms with Gasteiger partial charge in [-0.25, -0.2) is 4.98 Å². The van der Waals surface area contributed by atoms with Gasteiger partial charge in [0.1, 0.15) is 5.82 Å². The summed E-state index contributed by atoms with van der Waals surface area (Å²) in [5.74, 6) is -0.631. The Kier molecular flexibility index (Phi) is 4.73. The lowest BCUT2D eigenvalue weighted by molar-refractivity contribution is -0.133. The molecule has 0 radical (unpaired) electrons. The summed E-state index contributed by atoms with van der Waals surface area (Å²) in [5, 5.41) is 0. The quantitative estimate of drug-likeness (QED) is 0.671. The van der Waals surface area contributed by atoms with Gasteiger partial charge >= 0.3 is 6.18 Å². The summed E-state index contributed by atoms with van der Waals surface area (Å²) >= 11 is 3.19. The molecule has 0 saturated carbocycles. The summed E-state index contributed by atoms with van der Waals surface area (Å²) in [7, 11) is 0. The summed E-state index contributed by atoms with van der Waals surface area (Å²) in [4.78, 5) is 15.9. The van der Waals surface area contributed by atoms with Crippen molar-refractivity contribution in [2.24, 2.45) is 0 Å². The molecule has 0 aromatic carbocycles. The van der Waals surface area contributed by atoms with Crippen molar-refractivity contribution < 1.29 is 18.0 Å². The van der Waals surface area contributed by atoms with Gasteiger partial charge in [0.2, 0.25) is 0 Å². The number of nitrogens with two attached hydrogens (primary N) is 1. The van der Waals surface area contributed by atoms with Crippen LogP contribution in [0.5, 0.6) is 0 Å². The van der Waals surface area contributed by atoms with Crippen LogP contribution in [0.1, 0.15) is 28.9 Å². The number of alkyl halides is 3. The second-order valence-corrected chi connectivity index (χ2v) is 4.89. The highest BCUT2D eigenvalue weighted by Crippen LogP contribution is 2.27. The fraction of sp³-hybridized carbons (Fsp3) is 0.333. The zero-order valence-corrected chi connectivity index (χ0v) is 11.7. The number of aromatic nitrogens is 1. The van der Waals surface area contributed by atoms with E-state index in [4.69, 9.17) is 5.73 Å². The molecule has 0 atom stereocenters. The van der Waals surface area contributed by atoms with Crippen LogP contribution in [-0.2, 0) is 0 Å². The Morgan fingerprint density at radius 3 is 2.63 bits per heavy atom. The van der Waals surface area contributed by atoms with E-state index in [9.17, 15) is 18.0 Å². The number of Topliss-reactive ketones (excluding diaryl/α,β-unsaturated/α-hetero) is 1. The minimum absolute atomic E-state index is 0.0149. The first-order valence-corrected chi connectivity index (χ1v) is 6.13. The first kappa shape index (κ1) is 15.7. The molecule has 1 rings (SSSR count). The number of carbonyl (C=O) groups excluding carboxylic acids is 1. The molecule has 2 N–H and O–H groups in total. The summed E-state index contributed by atoms with van der Waals surface area (Å²) in [6, 6.07) is 1.44. The second kappa shape index (κ2) is 5.73. The Bertz CT molecular complexity index is 526. The van der Waals surface area contributed by atoms with E-state index in [1.165, 1.54) is 6.07 Å². The molecule has 104 valence electrons. The molecule has 0 unspecified atom stereocenters. The van der Waals surface area contributed by atoms with Crippen LogP contribution >= 0.6 is 15.9 Å². The van der Waals surface area contributed by atoms with Crippen molar-refractivity contribution in [3.63, 3.8) is 0 Å². The molecule has 3 nitrogen and oxygen atoms in total. The highest BCUT2D eigenvalue weighted by Gasteiger charge is 2.28. The highest BCUT2D eigenvalue weighted by molar-refractivity contribution is 9.10. The van der Waals surface area contributed by atoms with Crippen molar-refractivity contribution in [2.45, 2.75) is 25.9 Å². The average Bonchev–Trinajstić information content (AvgIpc) is 2.29. The molecule has 1 heterocycles. The standard InChI is InChI=1S/C12H12BrF3N2O/c1-6(3-4-12(14,15)16)10(19)8-5-9(13)7(2)18-11(8)17/h5H,1,3-4H2,2H3,(H2,17,18). The molecule has 0 saturated heterocycles. The molecule has 0 spiro atoms. The highest BCUT2D eigenvalue weighted by atomic mass is 79.9. The van der Waals surface area contributed by atoms with Crippen molar-refractivity contribution in [3.8, 4) is 0 Å². The largest absolute Gasteiger partial charge is 0.389 e. The third-order valence-electron chi connectivity index (χ3n) is 2.46. The van der Waals surface area contributed by atoms with E-state index in [1.807, 2.05) is 0 Å². The first-order valence-electron chi connectivity index (χ1n) is 5.33. The summed E-state index contributed by atoms with van der Waals surface area (Å²) in [5.41, 5.74) is 6.11. The SMILES string of the molecule is C=C(CCC(F)(F)F)C(=O)c1cc(Br)c(C)nc1N. The van der Waals surface area contributed by atoms with E-state index in [-0.39, 0.29) is 17.0 Å². The van der Waals surface area contributed by atoms with Gasteiger partial charge in [-0.15, -0.1) is 0 Å². The van der Waals surface area contributed by atoms with Crippen LogP contribution in [0.15, 0.2) is 22.7 Å². The van der Waals surface area contributed by atoms with Crippen LogP contribution in [0.25, 0.3) is 0 Å². The lowest BCUT2D eigenvalue weighted by Gasteiger charge is -2.10. The van der Waals surface area contributed by atoms with Gasteiger partial charge in [-0.05, 0) is 40.9 Å². The normalized spacial score (nSPS) is 11.4. The molecule has 7 heteroatoms. The lowest BCUT2D eigenvalue weighted by atomic mass is 10.0.